The molecule has 0 aromatic heterocycles. The molecule has 0 fully saturated rings. The monoisotopic (exact) mass is 420 g/mol. The summed E-state index contributed by atoms with van der Waals surface area (Å²) < 4.78 is 0. The molecule has 0 N–H and O–H groups in total. The van der Waals surface area contributed by atoms with Crippen LogP contribution < -0.4 is 0 Å². The smallest absolute Gasteiger partial charge is 0.0323 e. The summed E-state index contributed by atoms with van der Waals surface area (Å²) in [6.45, 7) is 19.1. The minimum Gasteiger partial charge on any atom is -0.0856 e. The summed E-state index contributed by atoms with van der Waals surface area (Å²) in [5, 5.41) is 0. The average molecular weight is 421 g/mol. The SMILES string of the molecule is C/C(=C\CCCC(C)CCCC(C)CCCC(C)C)CCCC(C)CCCC(C)C. The minimum absolute atomic E-state index is 0.869. The van der Waals surface area contributed by atoms with Gasteiger partial charge < -0.3 is 0 Å². The third-order valence-electron chi connectivity index (χ3n) is 7.01. The van der Waals surface area contributed by atoms with Crippen molar-refractivity contribution in [3.8, 4) is 0 Å². The van der Waals surface area contributed by atoms with Crippen LogP contribution >= 0.6 is 0 Å². The van der Waals surface area contributed by atoms with Crippen LogP contribution in [0, 0.1) is 29.6 Å². The molecule has 3 atom stereocenters. The first-order valence-electron chi connectivity index (χ1n) is 13.9. The van der Waals surface area contributed by atoms with Gasteiger partial charge in [-0.25, -0.2) is 0 Å². The second-order valence-corrected chi connectivity index (χ2v) is 11.8. The number of allylic oxidation sites excluding steroid dienone is 2. The Balaban J connectivity index is 3.65. The van der Waals surface area contributed by atoms with E-state index in [1.54, 1.807) is 5.57 Å². The zero-order chi connectivity index (χ0) is 22.8. The summed E-state index contributed by atoms with van der Waals surface area (Å²) in [6, 6.07) is 0. The van der Waals surface area contributed by atoms with Crippen LogP contribution in [0.4, 0.5) is 0 Å². The zero-order valence-electron chi connectivity index (χ0n) is 22.6. The molecule has 0 heteroatoms. The first-order valence-corrected chi connectivity index (χ1v) is 13.9. The van der Waals surface area contributed by atoms with E-state index in [1.165, 1.54) is 96.3 Å². The molecular formula is C30H60. The van der Waals surface area contributed by atoms with Gasteiger partial charge in [-0.2, -0.15) is 0 Å². The number of unbranched alkanes of at least 4 members (excludes halogenated alkanes) is 1. The highest BCUT2D eigenvalue weighted by molar-refractivity contribution is 4.97. The van der Waals surface area contributed by atoms with Gasteiger partial charge in [0.1, 0.15) is 0 Å². The van der Waals surface area contributed by atoms with Crippen LogP contribution in [0.1, 0.15) is 152 Å². The van der Waals surface area contributed by atoms with Crippen LogP contribution in [-0.4, -0.2) is 0 Å². The highest BCUT2D eigenvalue weighted by Crippen LogP contribution is 2.22. The molecule has 0 spiro atoms. The van der Waals surface area contributed by atoms with E-state index in [1.807, 2.05) is 0 Å². The summed E-state index contributed by atoms with van der Waals surface area (Å²) in [5.74, 6) is 4.49. The van der Waals surface area contributed by atoms with Crippen LogP contribution in [-0.2, 0) is 0 Å². The molecule has 0 aromatic carbocycles. The van der Waals surface area contributed by atoms with E-state index >= 15 is 0 Å². The number of hydrogen-bond donors (Lipinski definition) is 0. The Morgan fingerprint density at radius 2 is 0.867 bits per heavy atom. The molecule has 0 rings (SSSR count). The fourth-order valence-electron chi connectivity index (χ4n) is 4.64. The molecule has 0 nitrogen and oxygen atoms in total. The molecule has 0 aliphatic carbocycles. The Labute approximate surface area is 193 Å². The van der Waals surface area contributed by atoms with E-state index in [0.29, 0.717) is 0 Å². The first kappa shape index (κ1) is 29.7. The molecule has 30 heavy (non-hydrogen) atoms. The minimum atomic E-state index is 0.869. The molecule has 0 aliphatic rings. The third kappa shape index (κ3) is 21.0. The van der Waals surface area contributed by atoms with Gasteiger partial charge in [0.05, 0.1) is 0 Å². The van der Waals surface area contributed by atoms with E-state index < -0.39 is 0 Å². The van der Waals surface area contributed by atoms with E-state index in [9.17, 15) is 0 Å². The van der Waals surface area contributed by atoms with Crippen LogP contribution in [0.25, 0.3) is 0 Å². The van der Waals surface area contributed by atoms with Gasteiger partial charge in [-0.3, -0.25) is 0 Å². The summed E-state index contributed by atoms with van der Waals surface area (Å²) in [6.07, 6.45) is 23.6. The van der Waals surface area contributed by atoms with Crippen LogP contribution in [0.15, 0.2) is 11.6 Å². The number of rotatable bonds is 20. The van der Waals surface area contributed by atoms with Gasteiger partial charge in [-0.05, 0) is 62.2 Å². The second kappa shape index (κ2) is 19.4. The fraction of sp³-hybridized carbons (Fsp3) is 0.933. The van der Waals surface area contributed by atoms with E-state index in [-0.39, 0.29) is 0 Å². The lowest BCUT2D eigenvalue weighted by Gasteiger charge is -2.15. The number of hydrogen-bond acceptors (Lipinski definition) is 0. The summed E-state index contributed by atoms with van der Waals surface area (Å²) in [5.41, 5.74) is 1.63. The van der Waals surface area contributed by atoms with Crippen molar-refractivity contribution in [2.75, 3.05) is 0 Å². The molecule has 0 aliphatic heterocycles. The fourth-order valence-corrected chi connectivity index (χ4v) is 4.64. The predicted octanol–water partition coefficient (Wildman–Crippen LogP) is 11.0. The molecule has 3 unspecified atom stereocenters. The van der Waals surface area contributed by atoms with Gasteiger partial charge in [-0.15, -0.1) is 0 Å². The molecular weight excluding hydrogens is 360 g/mol. The summed E-state index contributed by atoms with van der Waals surface area (Å²) >= 11 is 0. The maximum Gasteiger partial charge on any atom is -0.0323 e. The topological polar surface area (TPSA) is 0 Å². The van der Waals surface area contributed by atoms with Gasteiger partial charge in [-0.1, -0.05) is 131 Å². The summed E-state index contributed by atoms with van der Waals surface area (Å²) in [4.78, 5) is 0. The van der Waals surface area contributed by atoms with Gasteiger partial charge >= 0.3 is 0 Å². The molecule has 0 heterocycles. The lowest BCUT2D eigenvalue weighted by Crippen LogP contribution is -2.00. The standard InChI is InChI=1S/C30H60/c1-25(2)15-11-19-29(7)23-13-21-27(5)17-9-10-18-28(6)22-14-24-30(8)20-12-16-26(3)4/h17,25-26,28-30H,9-16,18-24H2,1-8H3/b27-17+. The van der Waals surface area contributed by atoms with Crippen molar-refractivity contribution < 1.29 is 0 Å². The quantitative estimate of drug-likeness (QED) is 0.136. The lowest BCUT2D eigenvalue weighted by atomic mass is 9.92. The molecule has 0 radical (unpaired) electrons. The van der Waals surface area contributed by atoms with Crippen molar-refractivity contribution in [1.82, 2.24) is 0 Å². The van der Waals surface area contributed by atoms with Gasteiger partial charge in [0.2, 0.25) is 0 Å². The van der Waals surface area contributed by atoms with E-state index in [0.717, 1.165) is 29.6 Å². The Bertz CT molecular complexity index is 389. The Morgan fingerprint density at radius 1 is 0.500 bits per heavy atom. The molecule has 0 bridgehead atoms. The predicted molar refractivity (Wildman–Crippen MR) is 140 cm³/mol. The average Bonchev–Trinajstić information content (AvgIpc) is 2.64. The maximum atomic E-state index is 2.53. The Kier molecular flexibility index (Phi) is 19.3. The molecule has 0 saturated carbocycles. The van der Waals surface area contributed by atoms with Crippen molar-refractivity contribution in [3.05, 3.63) is 11.6 Å². The van der Waals surface area contributed by atoms with Crippen molar-refractivity contribution in [2.45, 2.75) is 152 Å². The molecule has 0 saturated heterocycles. The largest absolute Gasteiger partial charge is 0.0856 e. The van der Waals surface area contributed by atoms with E-state index in [2.05, 4.69) is 61.5 Å². The van der Waals surface area contributed by atoms with Gasteiger partial charge in [0.15, 0.2) is 0 Å². The normalized spacial score (nSPS) is 15.7. The maximum absolute atomic E-state index is 2.53. The summed E-state index contributed by atoms with van der Waals surface area (Å²) in [7, 11) is 0. The third-order valence-corrected chi connectivity index (χ3v) is 7.01. The molecule has 0 aromatic rings. The van der Waals surface area contributed by atoms with Crippen LogP contribution in [0.3, 0.4) is 0 Å². The second-order valence-electron chi connectivity index (χ2n) is 11.8. The lowest BCUT2D eigenvalue weighted by molar-refractivity contribution is 0.389. The van der Waals surface area contributed by atoms with Gasteiger partial charge in [0.25, 0.3) is 0 Å². The van der Waals surface area contributed by atoms with Crippen LogP contribution in [0.5, 0.6) is 0 Å². The van der Waals surface area contributed by atoms with Crippen molar-refractivity contribution in [2.24, 2.45) is 29.6 Å². The van der Waals surface area contributed by atoms with Crippen molar-refractivity contribution in [3.63, 3.8) is 0 Å². The highest BCUT2D eigenvalue weighted by Gasteiger charge is 2.07. The van der Waals surface area contributed by atoms with Gasteiger partial charge in [0, 0.05) is 0 Å². The van der Waals surface area contributed by atoms with E-state index in [4.69, 9.17) is 0 Å². The molecule has 0 amide bonds. The Morgan fingerprint density at radius 3 is 1.30 bits per heavy atom. The Hall–Kier alpha value is -0.260. The highest BCUT2D eigenvalue weighted by atomic mass is 14.1. The first-order chi connectivity index (χ1) is 14.2. The molecule has 180 valence electrons. The zero-order valence-corrected chi connectivity index (χ0v) is 22.6. The van der Waals surface area contributed by atoms with Crippen molar-refractivity contribution >= 4 is 0 Å². The van der Waals surface area contributed by atoms with Crippen molar-refractivity contribution in [1.29, 1.82) is 0 Å². The van der Waals surface area contributed by atoms with Crippen LogP contribution in [0.2, 0.25) is 0 Å².